The molecule has 0 saturated carbocycles. The fourth-order valence-electron chi connectivity index (χ4n) is 4.95. The largest absolute Gasteiger partial charge is 0.507 e. The van der Waals surface area contributed by atoms with Gasteiger partial charge in [0, 0.05) is 18.9 Å². The molecule has 2 aromatic carbocycles. The molecule has 6 nitrogen and oxygen atoms in total. The lowest BCUT2D eigenvalue weighted by Crippen LogP contribution is -2.32. The highest BCUT2D eigenvalue weighted by molar-refractivity contribution is 6.03. The molecule has 182 valence electrons. The first-order valence-electron chi connectivity index (χ1n) is 11.2. The van der Waals surface area contributed by atoms with Crippen LogP contribution in [0.4, 0.5) is 8.78 Å². The van der Waals surface area contributed by atoms with Gasteiger partial charge in [0.2, 0.25) is 0 Å². The van der Waals surface area contributed by atoms with Gasteiger partial charge in [-0.25, -0.2) is 8.78 Å². The second-order valence-corrected chi connectivity index (χ2v) is 8.95. The third-order valence-corrected chi connectivity index (χ3v) is 6.51. The van der Waals surface area contributed by atoms with Crippen LogP contribution in [0.15, 0.2) is 30.3 Å². The van der Waals surface area contributed by atoms with E-state index in [1.54, 1.807) is 6.07 Å². The summed E-state index contributed by atoms with van der Waals surface area (Å²) in [5.74, 6) is -4.84. The maximum absolute atomic E-state index is 13.9. The number of Topliss-reactive ketones (excluding diaryl/α,β-unsaturated/α-hetero) is 3. The predicted molar refractivity (Wildman–Crippen MR) is 120 cm³/mol. The van der Waals surface area contributed by atoms with E-state index < -0.39 is 35.9 Å². The van der Waals surface area contributed by atoms with Crippen molar-refractivity contribution >= 4 is 17.3 Å². The normalized spacial score (nSPS) is 17.2. The third-order valence-electron chi connectivity index (χ3n) is 6.51. The molecule has 1 aliphatic carbocycles. The van der Waals surface area contributed by atoms with Crippen LogP contribution in [0.25, 0.3) is 11.1 Å². The van der Waals surface area contributed by atoms with Crippen molar-refractivity contribution in [2.24, 2.45) is 17.8 Å². The van der Waals surface area contributed by atoms with Crippen LogP contribution < -0.4 is 0 Å². The molecule has 0 bridgehead atoms. The van der Waals surface area contributed by atoms with Crippen molar-refractivity contribution in [3.8, 4) is 16.9 Å². The fraction of sp³-hybridized carbons (Fsp3) is 0.423. The molecule has 1 aliphatic rings. The van der Waals surface area contributed by atoms with E-state index in [2.05, 4.69) is 0 Å². The summed E-state index contributed by atoms with van der Waals surface area (Å²) in [6.07, 6.45) is 0.636. The number of benzene rings is 2. The smallest absolute Gasteiger partial charge is 0.167 e. The van der Waals surface area contributed by atoms with Crippen LogP contribution in [-0.4, -0.2) is 45.9 Å². The van der Waals surface area contributed by atoms with Crippen LogP contribution in [0, 0.1) is 29.4 Å². The van der Waals surface area contributed by atoms with Crippen molar-refractivity contribution < 1.29 is 38.5 Å². The Labute approximate surface area is 196 Å². The van der Waals surface area contributed by atoms with Gasteiger partial charge in [0.25, 0.3) is 0 Å². The zero-order chi connectivity index (χ0) is 25.0. The van der Waals surface area contributed by atoms with Crippen LogP contribution >= 0.6 is 0 Å². The van der Waals surface area contributed by atoms with Gasteiger partial charge in [-0.2, -0.15) is 0 Å². The first-order chi connectivity index (χ1) is 16.2. The molecule has 8 heteroatoms. The minimum absolute atomic E-state index is 0.0861. The second-order valence-electron chi connectivity index (χ2n) is 8.95. The van der Waals surface area contributed by atoms with Crippen LogP contribution in [0.3, 0.4) is 0 Å². The summed E-state index contributed by atoms with van der Waals surface area (Å²) in [5.41, 5.74) is 1.50. The Morgan fingerprint density at radius 3 is 2.44 bits per heavy atom. The van der Waals surface area contributed by atoms with Crippen LogP contribution in [0.1, 0.15) is 48.5 Å². The van der Waals surface area contributed by atoms with Crippen molar-refractivity contribution in [1.29, 1.82) is 0 Å². The number of phenolic OH excluding ortho intramolecular Hbond substituents is 1. The highest BCUT2D eigenvalue weighted by Gasteiger charge is 2.35. The van der Waals surface area contributed by atoms with E-state index in [9.17, 15) is 38.5 Å². The number of fused-ring (bicyclic) bond motifs is 1. The minimum atomic E-state index is -1.03. The molecule has 3 unspecified atom stereocenters. The number of phenols is 1. The van der Waals surface area contributed by atoms with E-state index in [0.29, 0.717) is 29.5 Å². The molecular weight excluding hydrogens is 446 g/mol. The Morgan fingerprint density at radius 2 is 1.82 bits per heavy atom. The Hall–Kier alpha value is -2.97. The number of hydrogen-bond donors (Lipinski definition) is 3. The number of aliphatic hydroxyl groups excluding tert-OH is 2. The summed E-state index contributed by atoms with van der Waals surface area (Å²) >= 11 is 0. The van der Waals surface area contributed by atoms with E-state index in [1.807, 2.05) is 0 Å². The highest BCUT2D eigenvalue weighted by atomic mass is 19.2. The van der Waals surface area contributed by atoms with Crippen LogP contribution in [0.2, 0.25) is 0 Å². The van der Waals surface area contributed by atoms with Gasteiger partial charge < -0.3 is 15.3 Å². The van der Waals surface area contributed by atoms with E-state index in [0.717, 1.165) is 12.1 Å². The SMILES string of the molecule is CC(=O)CC(=O)C(CO)C(CCO)CC1CC(=O)c2c(O)ccc(-c3ccc(F)c(F)c3)c2C1. The molecule has 3 rings (SSSR count). The molecule has 0 spiro atoms. The number of carbonyl (C=O) groups is 3. The maximum atomic E-state index is 13.9. The number of ketones is 3. The lowest BCUT2D eigenvalue weighted by Gasteiger charge is -2.31. The van der Waals surface area contributed by atoms with Crippen LogP contribution in [0.5, 0.6) is 5.75 Å². The zero-order valence-electron chi connectivity index (χ0n) is 18.9. The highest BCUT2D eigenvalue weighted by Crippen LogP contribution is 2.41. The number of halogens is 2. The summed E-state index contributed by atoms with van der Waals surface area (Å²) in [6.45, 7) is 0.581. The topological polar surface area (TPSA) is 112 Å². The zero-order valence-corrected chi connectivity index (χ0v) is 18.9. The third kappa shape index (κ3) is 5.56. The number of aliphatic hydroxyl groups is 2. The lowest BCUT2D eigenvalue weighted by molar-refractivity contribution is -0.131. The molecule has 3 N–H and O–H groups in total. The molecule has 0 aliphatic heterocycles. The number of carbonyl (C=O) groups excluding carboxylic acids is 3. The average molecular weight is 475 g/mol. The first kappa shape index (κ1) is 25.6. The van der Waals surface area contributed by atoms with Gasteiger partial charge in [0.1, 0.15) is 17.3 Å². The molecule has 0 heterocycles. The summed E-state index contributed by atoms with van der Waals surface area (Å²) < 4.78 is 27.3. The van der Waals surface area contributed by atoms with E-state index in [1.165, 1.54) is 19.1 Å². The van der Waals surface area contributed by atoms with Gasteiger partial charge in [-0.15, -0.1) is 0 Å². The molecule has 0 radical (unpaired) electrons. The molecule has 0 amide bonds. The minimum Gasteiger partial charge on any atom is -0.507 e. The van der Waals surface area contributed by atoms with E-state index in [4.69, 9.17) is 0 Å². The maximum Gasteiger partial charge on any atom is 0.167 e. The fourth-order valence-corrected chi connectivity index (χ4v) is 4.95. The van der Waals surface area contributed by atoms with Gasteiger partial charge >= 0.3 is 0 Å². The molecular formula is C26H28F2O6. The second kappa shape index (κ2) is 11.0. The summed E-state index contributed by atoms with van der Waals surface area (Å²) in [4.78, 5) is 36.9. The first-order valence-corrected chi connectivity index (χ1v) is 11.2. The van der Waals surface area contributed by atoms with E-state index >= 15 is 0 Å². The average Bonchev–Trinajstić information content (AvgIpc) is 2.76. The Kier molecular flexibility index (Phi) is 8.28. The predicted octanol–water partition coefficient (Wildman–Crippen LogP) is 3.63. The molecule has 0 fully saturated rings. The van der Waals surface area contributed by atoms with Gasteiger partial charge in [-0.3, -0.25) is 14.4 Å². The van der Waals surface area contributed by atoms with E-state index in [-0.39, 0.29) is 54.7 Å². The Morgan fingerprint density at radius 1 is 1.09 bits per heavy atom. The van der Waals surface area contributed by atoms with Gasteiger partial charge in [0.15, 0.2) is 17.4 Å². The Bertz CT molecular complexity index is 1100. The summed E-state index contributed by atoms with van der Waals surface area (Å²) in [5, 5.41) is 29.7. The van der Waals surface area contributed by atoms with Crippen molar-refractivity contribution in [1.82, 2.24) is 0 Å². The van der Waals surface area contributed by atoms with Gasteiger partial charge in [0.05, 0.1) is 18.6 Å². The number of aromatic hydroxyl groups is 1. The van der Waals surface area contributed by atoms with Gasteiger partial charge in [-0.1, -0.05) is 12.1 Å². The number of hydrogen-bond acceptors (Lipinski definition) is 6. The Balaban J connectivity index is 1.94. The number of rotatable bonds is 10. The molecule has 0 saturated heterocycles. The molecule has 34 heavy (non-hydrogen) atoms. The summed E-state index contributed by atoms with van der Waals surface area (Å²) in [6, 6.07) is 6.33. The standard InChI is InChI=1S/C26H28F2O6/c1-14(31)8-24(33)20(13-30)17(6-7-29)9-15-10-19-18(16-2-4-21(27)22(28)12-16)3-5-23(32)26(19)25(34)11-15/h2-5,12,15,17,20,29-30,32H,6-11,13H2,1H3. The van der Waals surface area contributed by atoms with Gasteiger partial charge in [-0.05, 0) is 72.9 Å². The lowest BCUT2D eigenvalue weighted by atomic mass is 9.72. The van der Waals surface area contributed by atoms with Crippen molar-refractivity contribution in [2.75, 3.05) is 13.2 Å². The van der Waals surface area contributed by atoms with Crippen molar-refractivity contribution in [2.45, 2.75) is 39.0 Å². The van der Waals surface area contributed by atoms with Crippen LogP contribution in [-0.2, 0) is 16.0 Å². The molecule has 0 aromatic heterocycles. The van der Waals surface area contributed by atoms with Crippen molar-refractivity contribution in [3.63, 3.8) is 0 Å². The monoisotopic (exact) mass is 474 g/mol. The van der Waals surface area contributed by atoms with Crippen molar-refractivity contribution in [3.05, 3.63) is 53.1 Å². The molecule has 2 aromatic rings. The quantitative estimate of drug-likeness (QED) is 0.454. The molecule has 3 atom stereocenters. The summed E-state index contributed by atoms with van der Waals surface area (Å²) in [7, 11) is 0.